The Hall–Kier alpha value is -2.04. The van der Waals surface area contributed by atoms with Gasteiger partial charge in [0, 0.05) is 18.4 Å². The first-order valence-electron chi connectivity index (χ1n) is 7.53. The second-order valence-electron chi connectivity index (χ2n) is 4.86. The number of ether oxygens (including phenoxy) is 3. The molecule has 0 bridgehead atoms. The van der Waals surface area contributed by atoms with E-state index in [1.807, 2.05) is 0 Å². The van der Waals surface area contributed by atoms with E-state index < -0.39 is 0 Å². The van der Waals surface area contributed by atoms with Crippen LogP contribution in [0, 0.1) is 0 Å². The van der Waals surface area contributed by atoms with Gasteiger partial charge < -0.3 is 14.2 Å². The Kier molecular flexibility index (Phi) is 8.04. The predicted octanol–water partition coefficient (Wildman–Crippen LogP) is 3.40. The lowest BCUT2D eigenvalue weighted by Crippen LogP contribution is -2.04. The number of methoxy groups -OCH3 is 2. The Bertz CT molecular complexity index is 496. The molecule has 0 aromatic heterocycles. The quantitative estimate of drug-likeness (QED) is 0.376. The Balaban J connectivity index is 2.38. The lowest BCUT2D eigenvalue weighted by atomic mass is 10.0. The first-order valence-corrected chi connectivity index (χ1v) is 7.53. The van der Waals surface area contributed by atoms with Crippen LogP contribution < -0.4 is 9.47 Å². The highest BCUT2D eigenvalue weighted by Crippen LogP contribution is 2.28. The Morgan fingerprint density at radius 2 is 1.64 bits per heavy atom. The molecule has 0 N–H and O–H groups in total. The van der Waals surface area contributed by atoms with E-state index in [0.717, 1.165) is 19.3 Å². The number of esters is 1. The summed E-state index contributed by atoms with van der Waals surface area (Å²) in [7, 11) is 3.10. The number of rotatable bonds is 10. The minimum atomic E-state index is -0.172. The van der Waals surface area contributed by atoms with Crippen molar-refractivity contribution in [1.82, 2.24) is 0 Å². The van der Waals surface area contributed by atoms with Crippen LogP contribution >= 0.6 is 0 Å². The van der Waals surface area contributed by atoms with Crippen LogP contribution in [-0.2, 0) is 9.53 Å². The molecule has 0 saturated carbocycles. The summed E-state index contributed by atoms with van der Waals surface area (Å²) < 4.78 is 15.2. The normalized spacial score (nSPS) is 10.1. The van der Waals surface area contributed by atoms with Gasteiger partial charge in [0.25, 0.3) is 0 Å². The number of benzene rings is 1. The second-order valence-corrected chi connectivity index (χ2v) is 4.86. The number of ketones is 1. The topological polar surface area (TPSA) is 61.8 Å². The van der Waals surface area contributed by atoms with Crippen molar-refractivity contribution < 1.29 is 23.8 Å². The van der Waals surface area contributed by atoms with Crippen molar-refractivity contribution in [3.8, 4) is 11.5 Å². The van der Waals surface area contributed by atoms with E-state index >= 15 is 0 Å². The van der Waals surface area contributed by atoms with Crippen LogP contribution in [0.15, 0.2) is 18.2 Å². The van der Waals surface area contributed by atoms with Crippen molar-refractivity contribution in [2.24, 2.45) is 0 Å². The molecule has 0 fully saturated rings. The third-order valence-corrected chi connectivity index (χ3v) is 3.30. The van der Waals surface area contributed by atoms with Gasteiger partial charge in [-0.3, -0.25) is 9.59 Å². The average Bonchev–Trinajstić information content (AvgIpc) is 2.53. The maximum absolute atomic E-state index is 12.1. The number of unbranched alkanes of at least 4 members (excludes halogenated alkanes) is 2. The highest BCUT2D eigenvalue weighted by atomic mass is 16.5. The number of Topliss-reactive ketones (excluding diaryl/α,β-unsaturated/α-hetero) is 1. The Morgan fingerprint density at radius 1 is 0.955 bits per heavy atom. The first-order chi connectivity index (χ1) is 10.6. The highest BCUT2D eigenvalue weighted by Gasteiger charge is 2.10. The van der Waals surface area contributed by atoms with E-state index in [-0.39, 0.29) is 11.8 Å². The molecule has 0 aliphatic carbocycles. The zero-order chi connectivity index (χ0) is 16.4. The van der Waals surface area contributed by atoms with E-state index in [1.54, 1.807) is 39.3 Å². The number of carbonyl (C=O) groups excluding carboxylic acids is 2. The number of hydrogen-bond donors (Lipinski definition) is 0. The monoisotopic (exact) mass is 308 g/mol. The van der Waals surface area contributed by atoms with Crippen LogP contribution in [0.25, 0.3) is 0 Å². The molecule has 1 rings (SSSR count). The fraction of sp³-hybridized carbons (Fsp3) is 0.529. The van der Waals surface area contributed by atoms with Gasteiger partial charge in [-0.25, -0.2) is 0 Å². The van der Waals surface area contributed by atoms with Crippen molar-refractivity contribution in [2.45, 2.75) is 39.0 Å². The zero-order valence-corrected chi connectivity index (χ0v) is 13.5. The van der Waals surface area contributed by atoms with Crippen molar-refractivity contribution in [1.29, 1.82) is 0 Å². The van der Waals surface area contributed by atoms with Crippen LogP contribution in [0.5, 0.6) is 11.5 Å². The van der Waals surface area contributed by atoms with Crippen LogP contribution in [0.4, 0.5) is 0 Å². The molecular weight excluding hydrogens is 284 g/mol. The van der Waals surface area contributed by atoms with Crippen molar-refractivity contribution in [3.05, 3.63) is 23.8 Å². The molecule has 1 aromatic rings. The van der Waals surface area contributed by atoms with Gasteiger partial charge in [-0.1, -0.05) is 6.42 Å². The van der Waals surface area contributed by atoms with Crippen LogP contribution in [-0.4, -0.2) is 32.6 Å². The van der Waals surface area contributed by atoms with Gasteiger partial charge in [-0.2, -0.15) is 0 Å². The minimum Gasteiger partial charge on any atom is -0.493 e. The van der Waals surface area contributed by atoms with Crippen LogP contribution in [0.1, 0.15) is 49.4 Å². The SMILES string of the molecule is CCOC(=O)CCCCCC(=O)c1ccc(OC)c(OC)c1. The summed E-state index contributed by atoms with van der Waals surface area (Å²) in [6, 6.07) is 5.16. The molecule has 0 radical (unpaired) electrons. The van der Waals surface area contributed by atoms with E-state index in [4.69, 9.17) is 14.2 Å². The smallest absolute Gasteiger partial charge is 0.305 e. The number of carbonyl (C=O) groups is 2. The van der Waals surface area contributed by atoms with Crippen LogP contribution in [0.3, 0.4) is 0 Å². The molecule has 5 heteroatoms. The molecule has 0 aliphatic heterocycles. The zero-order valence-electron chi connectivity index (χ0n) is 13.5. The maximum Gasteiger partial charge on any atom is 0.305 e. The molecule has 0 spiro atoms. The largest absolute Gasteiger partial charge is 0.493 e. The number of hydrogen-bond acceptors (Lipinski definition) is 5. The average molecular weight is 308 g/mol. The van der Waals surface area contributed by atoms with Gasteiger partial charge in [0.2, 0.25) is 0 Å². The van der Waals surface area contributed by atoms with Crippen LogP contribution in [0.2, 0.25) is 0 Å². The molecule has 1 aromatic carbocycles. The lowest BCUT2D eigenvalue weighted by molar-refractivity contribution is -0.143. The fourth-order valence-electron chi connectivity index (χ4n) is 2.12. The molecule has 0 heterocycles. The van der Waals surface area contributed by atoms with Gasteiger partial charge in [0.05, 0.1) is 20.8 Å². The molecule has 5 nitrogen and oxygen atoms in total. The molecule has 0 amide bonds. The van der Waals surface area contributed by atoms with E-state index in [1.165, 1.54) is 0 Å². The summed E-state index contributed by atoms with van der Waals surface area (Å²) in [5.41, 5.74) is 0.614. The molecule has 0 aliphatic rings. The summed E-state index contributed by atoms with van der Waals surface area (Å²) >= 11 is 0. The lowest BCUT2D eigenvalue weighted by Gasteiger charge is -2.09. The highest BCUT2D eigenvalue weighted by molar-refractivity contribution is 5.96. The van der Waals surface area contributed by atoms with Gasteiger partial charge >= 0.3 is 5.97 Å². The molecule has 0 saturated heterocycles. The summed E-state index contributed by atoms with van der Waals surface area (Å²) in [5, 5.41) is 0. The maximum atomic E-state index is 12.1. The van der Waals surface area contributed by atoms with E-state index in [2.05, 4.69) is 0 Å². The third-order valence-electron chi connectivity index (χ3n) is 3.30. The summed E-state index contributed by atoms with van der Waals surface area (Å²) in [6.45, 7) is 2.20. The first kappa shape index (κ1) is 18.0. The Morgan fingerprint density at radius 3 is 2.27 bits per heavy atom. The predicted molar refractivity (Wildman–Crippen MR) is 83.6 cm³/mol. The summed E-state index contributed by atoms with van der Waals surface area (Å²) in [6.07, 6.45) is 3.21. The van der Waals surface area contributed by atoms with Gasteiger partial charge in [-0.15, -0.1) is 0 Å². The molecule has 0 unspecified atom stereocenters. The molecule has 122 valence electrons. The standard InChI is InChI=1S/C17H24O5/c1-4-22-17(19)9-7-5-6-8-14(18)13-10-11-15(20-2)16(12-13)21-3/h10-12H,4-9H2,1-3H3. The van der Waals surface area contributed by atoms with Crippen molar-refractivity contribution >= 4 is 11.8 Å². The third kappa shape index (κ3) is 5.76. The van der Waals surface area contributed by atoms with E-state index in [0.29, 0.717) is 36.5 Å². The van der Waals surface area contributed by atoms with Crippen molar-refractivity contribution in [2.75, 3.05) is 20.8 Å². The Labute approximate surface area is 131 Å². The molecular formula is C17H24O5. The molecule has 0 atom stereocenters. The van der Waals surface area contributed by atoms with E-state index in [9.17, 15) is 9.59 Å². The fourth-order valence-corrected chi connectivity index (χ4v) is 2.12. The summed E-state index contributed by atoms with van der Waals surface area (Å²) in [4.78, 5) is 23.3. The van der Waals surface area contributed by atoms with Gasteiger partial charge in [0.1, 0.15) is 0 Å². The molecule has 22 heavy (non-hydrogen) atoms. The second kappa shape index (κ2) is 9.82. The summed E-state index contributed by atoms with van der Waals surface area (Å²) in [5.74, 6) is 1.05. The minimum absolute atomic E-state index is 0.0667. The van der Waals surface area contributed by atoms with Gasteiger partial charge in [0.15, 0.2) is 17.3 Å². The van der Waals surface area contributed by atoms with Gasteiger partial charge in [-0.05, 0) is 38.0 Å². The van der Waals surface area contributed by atoms with Crippen molar-refractivity contribution in [3.63, 3.8) is 0 Å².